The minimum absolute atomic E-state index is 0.554. The average Bonchev–Trinajstić information content (AvgIpc) is 2.80. The van der Waals surface area contributed by atoms with Crippen LogP contribution in [0.1, 0.15) is 25.5 Å². The van der Waals surface area contributed by atoms with Gasteiger partial charge in [0.15, 0.2) is 0 Å². The third-order valence-corrected chi connectivity index (χ3v) is 3.56. The fourth-order valence-electron chi connectivity index (χ4n) is 2.29. The maximum absolute atomic E-state index is 5.07. The first-order valence-electron chi connectivity index (χ1n) is 6.07. The number of likely N-dealkylation sites (tertiary alicyclic amines) is 1. The van der Waals surface area contributed by atoms with E-state index in [2.05, 4.69) is 29.3 Å². The van der Waals surface area contributed by atoms with Crippen LogP contribution in [0.4, 0.5) is 0 Å². The van der Waals surface area contributed by atoms with Crippen LogP contribution in [0.2, 0.25) is 0 Å². The SMILES string of the molecule is CC(NCc1ccno1)C1CCN(C)CC1. The highest BCUT2D eigenvalue weighted by atomic mass is 16.5. The summed E-state index contributed by atoms with van der Waals surface area (Å²) in [6.45, 7) is 5.50. The maximum Gasteiger partial charge on any atom is 0.150 e. The Morgan fingerprint density at radius 1 is 1.56 bits per heavy atom. The summed E-state index contributed by atoms with van der Waals surface area (Å²) in [5, 5.41) is 7.22. The molecule has 0 aromatic carbocycles. The van der Waals surface area contributed by atoms with Crippen LogP contribution in [0, 0.1) is 5.92 Å². The maximum atomic E-state index is 5.07. The Bertz CT molecular complexity index is 291. The zero-order chi connectivity index (χ0) is 11.4. The lowest BCUT2D eigenvalue weighted by Crippen LogP contribution is -2.40. The van der Waals surface area contributed by atoms with Crippen molar-refractivity contribution in [1.82, 2.24) is 15.4 Å². The normalized spacial score (nSPS) is 21.1. The largest absolute Gasteiger partial charge is 0.360 e. The van der Waals surface area contributed by atoms with Crippen LogP contribution in [0.15, 0.2) is 16.8 Å². The third-order valence-electron chi connectivity index (χ3n) is 3.56. The number of hydrogen-bond donors (Lipinski definition) is 1. The highest BCUT2D eigenvalue weighted by Gasteiger charge is 2.21. The number of aromatic nitrogens is 1. The lowest BCUT2D eigenvalue weighted by molar-refractivity contribution is 0.187. The summed E-state index contributed by atoms with van der Waals surface area (Å²) < 4.78 is 5.07. The lowest BCUT2D eigenvalue weighted by Gasteiger charge is -2.33. The number of rotatable bonds is 4. The zero-order valence-electron chi connectivity index (χ0n) is 10.1. The number of hydrogen-bond acceptors (Lipinski definition) is 4. The van der Waals surface area contributed by atoms with Gasteiger partial charge in [0, 0.05) is 12.1 Å². The van der Waals surface area contributed by atoms with E-state index in [1.165, 1.54) is 25.9 Å². The number of nitrogens with one attached hydrogen (secondary N) is 1. The molecule has 4 heteroatoms. The molecule has 2 heterocycles. The summed E-state index contributed by atoms with van der Waals surface area (Å²) in [7, 11) is 2.20. The van der Waals surface area contributed by atoms with Crippen LogP contribution in [0.25, 0.3) is 0 Å². The van der Waals surface area contributed by atoms with Gasteiger partial charge in [-0.3, -0.25) is 0 Å². The van der Waals surface area contributed by atoms with E-state index in [-0.39, 0.29) is 0 Å². The fraction of sp³-hybridized carbons (Fsp3) is 0.750. The average molecular weight is 223 g/mol. The summed E-state index contributed by atoms with van der Waals surface area (Å²) in [6, 6.07) is 2.47. The minimum Gasteiger partial charge on any atom is -0.360 e. The molecular formula is C12H21N3O. The Balaban J connectivity index is 1.73. The van der Waals surface area contributed by atoms with E-state index in [1.807, 2.05) is 6.07 Å². The highest BCUT2D eigenvalue weighted by Crippen LogP contribution is 2.19. The van der Waals surface area contributed by atoms with Crippen molar-refractivity contribution in [2.24, 2.45) is 5.92 Å². The Morgan fingerprint density at radius 2 is 2.31 bits per heavy atom. The molecule has 0 amide bonds. The molecule has 0 aliphatic carbocycles. The molecule has 2 rings (SSSR count). The van der Waals surface area contributed by atoms with Crippen molar-refractivity contribution in [2.45, 2.75) is 32.4 Å². The molecule has 1 unspecified atom stereocenters. The van der Waals surface area contributed by atoms with Gasteiger partial charge in [0.2, 0.25) is 0 Å². The molecule has 90 valence electrons. The summed E-state index contributed by atoms with van der Waals surface area (Å²) in [6.07, 6.45) is 4.28. The van der Waals surface area contributed by atoms with E-state index in [0.29, 0.717) is 6.04 Å². The zero-order valence-corrected chi connectivity index (χ0v) is 10.1. The second kappa shape index (κ2) is 5.46. The van der Waals surface area contributed by atoms with Crippen molar-refractivity contribution in [3.8, 4) is 0 Å². The highest BCUT2D eigenvalue weighted by molar-refractivity contribution is 4.93. The number of nitrogens with zero attached hydrogens (tertiary/aromatic N) is 2. The monoisotopic (exact) mass is 223 g/mol. The van der Waals surface area contributed by atoms with Gasteiger partial charge in [0.05, 0.1) is 12.7 Å². The molecule has 1 aliphatic heterocycles. The van der Waals surface area contributed by atoms with Gasteiger partial charge < -0.3 is 14.7 Å². The van der Waals surface area contributed by atoms with Gasteiger partial charge in [-0.1, -0.05) is 5.16 Å². The Morgan fingerprint density at radius 3 is 2.94 bits per heavy atom. The van der Waals surface area contributed by atoms with E-state index in [1.54, 1.807) is 6.20 Å². The predicted molar refractivity (Wildman–Crippen MR) is 63.0 cm³/mol. The van der Waals surface area contributed by atoms with Crippen LogP contribution in [0.5, 0.6) is 0 Å². The van der Waals surface area contributed by atoms with Crippen LogP contribution in [0.3, 0.4) is 0 Å². The Kier molecular flexibility index (Phi) is 3.96. The van der Waals surface area contributed by atoms with Gasteiger partial charge in [-0.25, -0.2) is 0 Å². The summed E-state index contributed by atoms with van der Waals surface area (Å²) in [5.74, 6) is 1.71. The van der Waals surface area contributed by atoms with E-state index in [9.17, 15) is 0 Å². The molecule has 16 heavy (non-hydrogen) atoms. The van der Waals surface area contributed by atoms with E-state index in [0.717, 1.165) is 18.2 Å². The summed E-state index contributed by atoms with van der Waals surface area (Å²) in [5.41, 5.74) is 0. The van der Waals surface area contributed by atoms with Crippen molar-refractivity contribution in [3.05, 3.63) is 18.0 Å². The Hall–Kier alpha value is -0.870. The molecule has 0 radical (unpaired) electrons. The molecule has 1 aromatic heterocycles. The van der Waals surface area contributed by atoms with Gasteiger partial charge in [-0.05, 0) is 45.8 Å². The molecule has 1 N–H and O–H groups in total. The van der Waals surface area contributed by atoms with E-state index >= 15 is 0 Å². The molecule has 1 aliphatic rings. The van der Waals surface area contributed by atoms with Crippen molar-refractivity contribution in [2.75, 3.05) is 20.1 Å². The molecule has 1 aromatic rings. The van der Waals surface area contributed by atoms with Crippen LogP contribution in [-0.2, 0) is 6.54 Å². The number of piperidine rings is 1. The van der Waals surface area contributed by atoms with Crippen molar-refractivity contribution < 1.29 is 4.52 Å². The first-order valence-corrected chi connectivity index (χ1v) is 6.07. The van der Waals surface area contributed by atoms with Crippen molar-refractivity contribution in [1.29, 1.82) is 0 Å². The van der Waals surface area contributed by atoms with Gasteiger partial charge in [0.1, 0.15) is 5.76 Å². The Labute approximate surface area is 97.0 Å². The van der Waals surface area contributed by atoms with Gasteiger partial charge >= 0.3 is 0 Å². The standard InChI is InChI=1S/C12H21N3O/c1-10(11-4-7-15(2)8-5-11)13-9-12-3-6-14-16-12/h3,6,10-11,13H,4-5,7-9H2,1-2H3. The first kappa shape index (κ1) is 11.6. The van der Waals surface area contributed by atoms with Crippen LogP contribution in [-0.4, -0.2) is 36.2 Å². The third kappa shape index (κ3) is 3.06. The van der Waals surface area contributed by atoms with Crippen molar-refractivity contribution in [3.63, 3.8) is 0 Å². The lowest BCUT2D eigenvalue weighted by atomic mass is 9.90. The van der Waals surface area contributed by atoms with Gasteiger partial charge in [-0.2, -0.15) is 0 Å². The second-order valence-corrected chi connectivity index (χ2v) is 4.79. The van der Waals surface area contributed by atoms with Gasteiger partial charge in [-0.15, -0.1) is 0 Å². The molecular weight excluding hydrogens is 202 g/mol. The topological polar surface area (TPSA) is 41.3 Å². The molecule has 0 bridgehead atoms. The molecule has 0 spiro atoms. The quantitative estimate of drug-likeness (QED) is 0.839. The molecule has 1 saturated heterocycles. The first-order chi connectivity index (χ1) is 7.75. The fourth-order valence-corrected chi connectivity index (χ4v) is 2.29. The van der Waals surface area contributed by atoms with Crippen LogP contribution >= 0.6 is 0 Å². The molecule has 4 nitrogen and oxygen atoms in total. The molecule has 1 fully saturated rings. The van der Waals surface area contributed by atoms with E-state index < -0.39 is 0 Å². The van der Waals surface area contributed by atoms with E-state index in [4.69, 9.17) is 4.52 Å². The molecule has 0 saturated carbocycles. The van der Waals surface area contributed by atoms with Gasteiger partial charge in [0.25, 0.3) is 0 Å². The second-order valence-electron chi connectivity index (χ2n) is 4.79. The predicted octanol–water partition coefficient (Wildman–Crippen LogP) is 1.49. The van der Waals surface area contributed by atoms with Crippen LogP contribution < -0.4 is 5.32 Å². The summed E-state index contributed by atoms with van der Waals surface area (Å²) >= 11 is 0. The smallest absolute Gasteiger partial charge is 0.150 e. The summed E-state index contributed by atoms with van der Waals surface area (Å²) in [4.78, 5) is 2.40. The molecule has 1 atom stereocenters. The minimum atomic E-state index is 0.554. The van der Waals surface area contributed by atoms with Crippen molar-refractivity contribution >= 4 is 0 Å².